The summed E-state index contributed by atoms with van der Waals surface area (Å²) in [6, 6.07) is 9.68. The number of benzene rings is 1. The number of aliphatic hydroxyl groups excluding tert-OH is 1. The van der Waals surface area contributed by atoms with Gasteiger partial charge in [-0.3, -0.25) is 4.98 Å². The molecule has 0 radical (unpaired) electrons. The lowest BCUT2D eigenvalue weighted by atomic mass is 10.0. The van der Waals surface area contributed by atoms with Gasteiger partial charge in [-0.2, -0.15) is 0 Å². The van der Waals surface area contributed by atoms with Crippen molar-refractivity contribution in [2.24, 2.45) is 0 Å². The second-order valence-electron chi connectivity index (χ2n) is 4.25. The summed E-state index contributed by atoms with van der Waals surface area (Å²) in [7, 11) is 0. The molecule has 96 valence electrons. The Hall–Kier alpha value is -1.17. The number of hydrogen-bond acceptors (Lipinski definition) is 2. The van der Waals surface area contributed by atoms with Gasteiger partial charge in [0.05, 0.1) is 5.69 Å². The van der Waals surface area contributed by atoms with Crippen molar-refractivity contribution in [2.75, 3.05) is 0 Å². The average molecular weight is 382 g/mol. The minimum atomic E-state index is -0.748. The molecule has 0 aliphatic carbocycles. The molecular formula is C14H10Br2N2O. The number of halogens is 2. The molecule has 5 heteroatoms. The number of H-pyrrole nitrogens is 1. The number of aromatic nitrogens is 2. The maximum atomic E-state index is 10.4. The van der Waals surface area contributed by atoms with Gasteiger partial charge in [0.1, 0.15) is 6.10 Å². The smallest absolute Gasteiger partial charge is 0.122 e. The predicted octanol–water partition coefficient (Wildman–Crippen LogP) is 4.17. The third kappa shape index (κ3) is 2.45. The molecule has 2 aromatic heterocycles. The van der Waals surface area contributed by atoms with E-state index in [-0.39, 0.29) is 0 Å². The fraction of sp³-hybridized carbons (Fsp3) is 0.0714. The van der Waals surface area contributed by atoms with Gasteiger partial charge in [-0.15, -0.1) is 0 Å². The Morgan fingerprint density at radius 1 is 1.16 bits per heavy atom. The molecule has 0 fully saturated rings. The highest BCUT2D eigenvalue weighted by atomic mass is 79.9. The molecule has 3 nitrogen and oxygen atoms in total. The first-order chi connectivity index (χ1) is 9.15. The zero-order valence-corrected chi connectivity index (χ0v) is 12.9. The van der Waals surface area contributed by atoms with Crippen molar-refractivity contribution in [2.45, 2.75) is 6.10 Å². The Labute approximate surface area is 126 Å². The van der Waals surface area contributed by atoms with Crippen molar-refractivity contribution in [3.05, 3.63) is 62.9 Å². The van der Waals surface area contributed by atoms with Gasteiger partial charge < -0.3 is 10.1 Å². The number of nitrogens with one attached hydrogen (secondary N) is 1. The number of rotatable bonds is 2. The summed E-state index contributed by atoms with van der Waals surface area (Å²) in [6.07, 6.45) is 2.81. The first-order valence-corrected chi connectivity index (χ1v) is 7.30. The second kappa shape index (κ2) is 5.07. The first kappa shape index (κ1) is 12.8. The van der Waals surface area contributed by atoms with E-state index in [9.17, 15) is 5.11 Å². The third-order valence-corrected chi connectivity index (χ3v) is 4.06. The summed E-state index contributed by atoms with van der Waals surface area (Å²) in [5.41, 5.74) is 2.49. The molecule has 0 spiro atoms. The Morgan fingerprint density at radius 3 is 2.79 bits per heavy atom. The van der Waals surface area contributed by atoms with E-state index >= 15 is 0 Å². The van der Waals surface area contributed by atoms with Gasteiger partial charge in [-0.25, -0.2) is 0 Å². The number of aromatic amines is 1. The Morgan fingerprint density at radius 2 is 2.00 bits per heavy atom. The van der Waals surface area contributed by atoms with Crippen LogP contribution in [-0.4, -0.2) is 15.1 Å². The zero-order chi connectivity index (χ0) is 13.4. The van der Waals surface area contributed by atoms with Crippen LogP contribution in [0.25, 0.3) is 10.9 Å². The van der Waals surface area contributed by atoms with E-state index in [1.165, 1.54) is 0 Å². The van der Waals surface area contributed by atoms with Crippen molar-refractivity contribution in [3.63, 3.8) is 0 Å². The fourth-order valence-corrected chi connectivity index (χ4v) is 3.23. The van der Waals surface area contributed by atoms with Gasteiger partial charge in [0.15, 0.2) is 0 Å². The molecule has 3 aromatic rings. The molecule has 1 unspecified atom stereocenters. The maximum Gasteiger partial charge on any atom is 0.122 e. The average Bonchev–Trinajstić information content (AvgIpc) is 2.85. The molecule has 2 N–H and O–H groups in total. The summed E-state index contributed by atoms with van der Waals surface area (Å²) < 4.78 is 1.65. The molecule has 1 atom stereocenters. The van der Waals surface area contributed by atoms with Crippen LogP contribution in [-0.2, 0) is 0 Å². The molecule has 0 aliphatic heterocycles. The van der Waals surface area contributed by atoms with Gasteiger partial charge in [-0.05, 0) is 67.1 Å². The molecule has 0 saturated heterocycles. The molecule has 3 rings (SSSR count). The Bertz CT molecular complexity index is 739. The number of fused-ring (bicyclic) bond motifs is 1. The lowest BCUT2D eigenvalue weighted by Crippen LogP contribution is -2.03. The molecular weight excluding hydrogens is 372 g/mol. The monoisotopic (exact) mass is 380 g/mol. The van der Waals surface area contributed by atoms with Crippen molar-refractivity contribution in [1.29, 1.82) is 0 Å². The molecule has 2 heterocycles. The van der Waals surface area contributed by atoms with Crippen LogP contribution in [0.15, 0.2) is 51.7 Å². The minimum Gasteiger partial charge on any atom is -0.382 e. The van der Waals surface area contributed by atoms with E-state index in [1.807, 2.05) is 36.5 Å². The minimum absolute atomic E-state index is 0.609. The molecule has 19 heavy (non-hydrogen) atoms. The van der Waals surface area contributed by atoms with Crippen LogP contribution in [0.1, 0.15) is 17.4 Å². The van der Waals surface area contributed by atoms with Crippen molar-refractivity contribution >= 4 is 42.8 Å². The van der Waals surface area contributed by atoms with Gasteiger partial charge in [0.2, 0.25) is 0 Å². The van der Waals surface area contributed by atoms with Crippen molar-refractivity contribution < 1.29 is 5.11 Å². The molecule has 0 saturated carbocycles. The lowest BCUT2D eigenvalue weighted by Gasteiger charge is -2.12. The van der Waals surface area contributed by atoms with Gasteiger partial charge in [0.25, 0.3) is 0 Å². The van der Waals surface area contributed by atoms with Crippen LogP contribution in [0.2, 0.25) is 0 Å². The summed E-state index contributed by atoms with van der Waals surface area (Å²) in [5, 5.41) is 11.5. The van der Waals surface area contributed by atoms with Crippen LogP contribution >= 0.6 is 31.9 Å². The number of pyridine rings is 1. The molecule has 0 aliphatic rings. The van der Waals surface area contributed by atoms with E-state index in [1.54, 1.807) is 6.20 Å². The highest BCUT2D eigenvalue weighted by molar-refractivity contribution is 9.11. The number of nitrogens with zero attached hydrogens (tertiary/aromatic N) is 1. The van der Waals surface area contributed by atoms with E-state index < -0.39 is 6.10 Å². The van der Waals surface area contributed by atoms with Crippen LogP contribution in [0.3, 0.4) is 0 Å². The van der Waals surface area contributed by atoms with Crippen LogP contribution in [0.4, 0.5) is 0 Å². The van der Waals surface area contributed by atoms with Gasteiger partial charge >= 0.3 is 0 Å². The summed E-state index contributed by atoms with van der Waals surface area (Å²) >= 11 is 6.78. The first-order valence-electron chi connectivity index (χ1n) is 5.71. The molecule has 0 amide bonds. The van der Waals surface area contributed by atoms with Crippen molar-refractivity contribution in [3.8, 4) is 0 Å². The second-order valence-corrected chi connectivity index (χ2v) is 6.02. The Kier molecular flexibility index (Phi) is 3.43. The van der Waals surface area contributed by atoms with E-state index in [0.717, 1.165) is 25.4 Å². The quantitative estimate of drug-likeness (QED) is 0.699. The molecule has 1 aromatic carbocycles. The van der Waals surface area contributed by atoms with Gasteiger partial charge in [0, 0.05) is 26.9 Å². The largest absolute Gasteiger partial charge is 0.382 e. The zero-order valence-electron chi connectivity index (χ0n) is 9.77. The number of aliphatic hydroxyl groups is 1. The van der Waals surface area contributed by atoms with Crippen LogP contribution in [0, 0.1) is 0 Å². The third-order valence-electron chi connectivity index (χ3n) is 2.99. The summed E-state index contributed by atoms with van der Waals surface area (Å²) in [4.78, 5) is 7.40. The van der Waals surface area contributed by atoms with Crippen LogP contribution in [0.5, 0.6) is 0 Å². The van der Waals surface area contributed by atoms with Gasteiger partial charge in [-0.1, -0.05) is 6.07 Å². The highest BCUT2D eigenvalue weighted by Crippen LogP contribution is 2.30. The summed E-state index contributed by atoms with van der Waals surface area (Å²) in [6.45, 7) is 0. The lowest BCUT2D eigenvalue weighted by molar-refractivity contribution is 0.214. The maximum absolute atomic E-state index is 10.4. The normalized spacial score (nSPS) is 12.8. The number of hydrogen-bond donors (Lipinski definition) is 2. The van der Waals surface area contributed by atoms with E-state index in [0.29, 0.717) is 5.69 Å². The SMILES string of the molecule is OC(c1ccc2[nH]ccc2c1)c1ncc(Br)cc1Br. The fourth-order valence-electron chi connectivity index (χ4n) is 2.03. The van der Waals surface area contributed by atoms with E-state index in [2.05, 4.69) is 41.8 Å². The topological polar surface area (TPSA) is 48.9 Å². The standard InChI is InChI=1S/C14H10Br2N2O/c15-10-6-11(16)13(18-7-10)14(19)9-1-2-12-8(5-9)3-4-17-12/h1-7,14,17,19H. The Balaban J connectivity index is 2.04. The highest BCUT2D eigenvalue weighted by Gasteiger charge is 2.16. The predicted molar refractivity (Wildman–Crippen MR) is 82.0 cm³/mol. The summed E-state index contributed by atoms with van der Waals surface area (Å²) in [5.74, 6) is 0. The molecule has 0 bridgehead atoms. The van der Waals surface area contributed by atoms with E-state index in [4.69, 9.17) is 0 Å². The van der Waals surface area contributed by atoms with Crippen molar-refractivity contribution in [1.82, 2.24) is 9.97 Å². The van der Waals surface area contributed by atoms with Crippen LogP contribution < -0.4 is 0 Å².